The Balaban J connectivity index is 1.36. The quantitative estimate of drug-likeness (QED) is 0.360. The Hall–Kier alpha value is -2.90. The van der Waals surface area contributed by atoms with Crippen LogP contribution in [0.2, 0.25) is 0 Å². The third kappa shape index (κ3) is 7.17. The molecule has 8 nitrogen and oxygen atoms in total. The Bertz CT molecular complexity index is 751. The number of carbonyl (C=O) groups excluding carboxylic acids is 3. The molecule has 0 aliphatic heterocycles. The van der Waals surface area contributed by atoms with E-state index in [4.69, 9.17) is 4.74 Å². The van der Waals surface area contributed by atoms with Crippen molar-refractivity contribution in [2.24, 2.45) is 5.10 Å². The first kappa shape index (κ1) is 21.8. The highest BCUT2D eigenvalue weighted by molar-refractivity contribution is 6.35. The summed E-state index contributed by atoms with van der Waals surface area (Å²) in [4.78, 5) is 35.6. The Labute approximate surface area is 176 Å². The molecule has 2 fully saturated rings. The van der Waals surface area contributed by atoms with E-state index in [1.54, 1.807) is 24.3 Å². The van der Waals surface area contributed by atoms with E-state index in [0.29, 0.717) is 5.75 Å². The van der Waals surface area contributed by atoms with Gasteiger partial charge >= 0.3 is 11.8 Å². The first-order valence-electron chi connectivity index (χ1n) is 10.8. The second-order valence-electron chi connectivity index (χ2n) is 7.91. The molecule has 3 N–H and O–H groups in total. The van der Waals surface area contributed by atoms with E-state index >= 15 is 0 Å². The van der Waals surface area contributed by atoms with Gasteiger partial charge in [0.2, 0.25) is 0 Å². The van der Waals surface area contributed by atoms with Crippen LogP contribution in [0.3, 0.4) is 0 Å². The fraction of sp³-hybridized carbons (Fsp3) is 0.545. The largest absolute Gasteiger partial charge is 0.484 e. The van der Waals surface area contributed by atoms with Crippen LogP contribution >= 0.6 is 0 Å². The number of carbonyl (C=O) groups is 3. The normalized spacial score (nSPS) is 17.6. The van der Waals surface area contributed by atoms with E-state index < -0.39 is 11.8 Å². The molecule has 3 amide bonds. The Morgan fingerprint density at radius 2 is 1.47 bits per heavy atom. The van der Waals surface area contributed by atoms with Crippen molar-refractivity contribution in [1.29, 1.82) is 0 Å². The highest BCUT2D eigenvalue weighted by atomic mass is 16.5. The maximum absolute atomic E-state index is 12.0. The van der Waals surface area contributed by atoms with Gasteiger partial charge in [-0.3, -0.25) is 14.4 Å². The molecule has 162 valence electrons. The molecule has 0 unspecified atom stereocenters. The molecule has 1 aromatic carbocycles. The summed E-state index contributed by atoms with van der Waals surface area (Å²) in [7, 11) is 0. The number of rotatable bonds is 7. The molecule has 3 rings (SSSR count). The molecule has 2 aliphatic rings. The van der Waals surface area contributed by atoms with Gasteiger partial charge in [-0.1, -0.05) is 32.1 Å². The van der Waals surface area contributed by atoms with Crippen LogP contribution in [0, 0.1) is 0 Å². The molecule has 0 aromatic heterocycles. The zero-order chi connectivity index (χ0) is 21.2. The summed E-state index contributed by atoms with van der Waals surface area (Å²) < 4.78 is 5.52. The monoisotopic (exact) mass is 414 g/mol. The maximum atomic E-state index is 12.0. The van der Waals surface area contributed by atoms with Crippen molar-refractivity contribution in [1.82, 2.24) is 16.1 Å². The second-order valence-corrected chi connectivity index (χ2v) is 7.91. The predicted molar refractivity (Wildman–Crippen MR) is 113 cm³/mol. The molecule has 0 radical (unpaired) electrons. The number of hydrazone groups is 1. The van der Waals surface area contributed by atoms with Gasteiger partial charge in [-0.2, -0.15) is 5.10 Å². The first-order valence-corrected chi connectivity index (χ1v) is 10.8. The number of nitrogens with zero attached hydrogens (tertiary/aromatic N) is 1. The zero-order valence-corrected chi connectivity index (χ0v) is 17.2. The number of amides is 3. The van der Waals surface area contributed by atoms with Crippen LogP contribution in [0.1, 0.15) is 63.4 Å². The van der Waals surface area contributed by atoms with Crippen LogP contribution in [0.4, 0.5) is 0 Å². The van der Waals surface area contributed by atoms with Gasteiger partial charge in [0, 0.05) is 12.1 Å². The Kier molecular flexibility index (Phi) is 8.23. The van der Waals surface area contributed by atoms with Crippen LogP contribution in [-0.2, 0) is 14.4 Å². The van der Waals surface area contributed by atoms with Crippen LogP contribution < -0.4 is 20.8 Å². The third-order valence-electron chi connectivity index (χ3n) is 5.50. The third-order valence-corrected chi connectivity index (χ3v) is 5.50. The van der Waals surface area contributed by atoms with Crippen molar-refractivity contribution in [2.45, 2.75) is 69.9 Å². The molecule has 8 heteroatoms. The lowest BCUT2D eigenvalue weighted by Crippen LogP contribution is -2.42. The summed E-state index contributed by atoms with van der Waals surface area (Å²) in [5.41, 5.74) is 2.96. The minimum atomic E-state index is -0.776. The molecular weight excluding hydrogens is 384 g/mol. The topological polar surface area (TPSA) is 109 Å². The van der Waals surface area contributed by atoms with E-state index in [1.165, 1.54) is 25.5 Å². The lowest BCUT2D eigenvalue weighted by molar-refractivity contribution is -0.139. The van der Waals surface area contributed by atoms with E-state index in [-0.39, 0.29) is 24.6 Å². The molecule has 0 atom stereocenters. The van der Waals surface area contributed by atoms with Gasteiger partial charge in [-0.15, -0.1) is 0 Å². The fourth-order valence-corrected chi connectivity index (χ4v) is 3.85. The van der Waals surface area contributed by atoms with Gasteiger partial charge < -0.3 is 15.4 Å². The molecule has 2 aliphatic carbocycles. The molecule has 2 saturated carbocycles. The van der Waals surface area contributed by atoms with Crippen molar-refractivity contribution in [3.63, 3.8) is 0 Å². The predicted octanol–water partition coefficient (Wildman–Crippen LogP) is 2.02. The van der Waals surface area contributed by atoms with Crippen molar-refractivity contribution in [3.8, 4) is 5.75 Å². The molecular formula is C22H30N4O4. The van der Waals surface area contributed by atoms with Crippen LogP contribution in [0.5, 0.6) is 5.75 Å². The van der Waals surface area contributed by atoms with Crippen molar-refractivity contribution < 1.29 is 19.1 Å². The summed E-state index contributed by atoms with van der Waals surface area (Å²) in [5.74, 6) is -0.964. The van der Waals surface area contributed by atoms with E-state index in [0.717, 1.165) is 44.1 Å². The molecule has 0 heterocycles. The molecule has 0 bridgehead atoms. The summed E-state index contributed by atoms with van der Waals surface area (Å²) in [6.07, 6.45) is 11.1. The molecule has 30 heavy (non-hydrogen) atoms. The number of hydrogen-bond donors (Lipinski definition) is 3. The highest BCUT2D eigenvalue weighted by Crippen LogP contribution is 2.18. The maximum Gasteiger partial charge on any atom is 0.329 e. The summed E-state index contributed by atoms with van der Waals surface area (Å²) >= 11 is 0. The van der Waals surface area contributed by atoms with Crippen LogP contribution in [-0.4, -0.2) is 42.6 Å². The summed E-state index contributed by atoms with van der Waals surface area (Å²) in [5, 5.41) is 9.54. The first-order chi connectivity index (χ1) is 14.6. The standard InChI is InChI=1S/C22H30N4O4/c27-20(24-17-6-2-1-3-7-17)15-30-19-12-10-16(11-13-19)14-23-26-22(29)21(28)25-18-8-4-5-9-18/h10-14,17-18H,1-9,15H2,(H,24,27)(H,25,28)(H,26,29)/b23-14-. The van der Waals surface area contributed by atoms with Gasteiger partial charge in [0.25, 0.3) is 5.91 Å². The summed E-state index contributed by atoms with van der Waals surface area (Å²) in [6, 6.07) is 7.31. The minimum Gasteiger partial charge on any atom is -0.484 e. The lowest BCUT2D eigenvalue weighted by atomic mass is 9.95. The Morgan fingerprint density at radius 1 is 0.867 bits per heavy atom. The van der Waals surface area contributed by atoms with Crippen molar-refractivity contribution in [3.05, 3.63) is 29.8 Å². The highest BCUT2D eigenvalue weighted by Gasteiger charge is 2.21. The van der Waals surface area contributed by atoms with E-state index in [2.05, 4.69) is 21.2 Å². The zero-order valence-electron chi connectivity index (χ0n) is 17.2. The number of benzene rings is 1. The van der Waals surface area contributed by atoms with E-state index in [9.17, 15) is 14.4 Å². The summed E-state index contributed by atoms with van der Waals surface area (Å²) in [6.45, 7) is -0.0178. The number of ether oxygens (including phenoxy) is 1. The van der Waals surface area contributed by atoms with Gasteiger partial charge in [-0.05, 0) is 55.5 Å². The van der Waals surface area contributed by atoms with Crippen LogP contribution in [0.25, 0.3) is 0 Å². The average molecular weight is 415 g/mol. The van der Waals surface area contributed by atoms with Crippen LogP contribution in [0.15, 0.2) is 29.4 Å². The van der Waals surface area contributed by atoms with Gasteiger partial charge in [0.05, 0.1) is 6.21 Å². The number of hydrogen-bond acceptors (Lipinski definition) is 5. The molecule has 1 aromatic rings. The van der Waals surface area contributed by atoms with Crippen molar-refractivity contribution in [2.75, 3.05) is 6.61 Å². The minimum absolute atomic E-state index is 0.0178. The smallest absolute Gasteiger partial charge is 0.329 e. The lowest BCUT2D eigenvalue weighted by Gasteiger charge is -2.22. The van der Waals surface area contributed by atoms with Gasteiger partial charge in [0.1, 0.15) is 5.75 Å². The number of nitrogens with one attached hydrogen (secondary N) is 3. The van der Waals surface area contributed by atoms with Gasteiger partial charge in [-0.25, -0.2) is 5.43 Å². The fourth-order valence-electron chi connectivity index (χ4n) is 3.85. The van der Waals surface area contributed by atoms with Crippen molar-refractivity contribution >= 4 is 23.9 Å². The van der Waals surface area contributed by atoms with Gasteiger partial charge in [0.15, 0.2) is 6.61 Å². The molecule has 0 spiro atoms. The Morgan fingerprint density at radius 3 is 2.13 bits per heavy atom. The SMILES string of the molecule is O=C(COc1ccc(/C=N\NC(=O)C(=O)NC2CCCC2)cc1)NC1CCCCC1. The second kappa shape index (κ2) is 11.3. The molecule has 0 saturated heterocycles. The average Bonchev–Trinajstić information content (AvgIpc) is 3.27. The van der Waals surface area contributed by atoms with E-state index in [1.807, 2.05) is 0 Å².